The van der Waals surface area contributed by atoms with Gasteiger partial charge in [-0.1, -0.05) is 18.2 Å². The van der Waals surface area contributed by atoms with Gasteiger partial charge in [-0.05, 0) is 18.2 Å². The number of methoxy groups -OCH3 is 2. The molecule has 0 aliphatic heterocycles. The summed E-state index contributed by atoms with van der Waals surface area (Å²) >= 11 is 0. The summed E-state index contributed by atoms with van der Waals surface area (Å²) < 4.78 is 60.9. The van der Waals surface area contributed by atoms with Gasteiger partial charge in [-0.2, -0.15) is 13.2 Å². The standard InChI is InChI=1S/C20H15F3O6/c1-26-14-6-4-3-5-12(14)17-18(25)13-8-7-11(28-10-16(24)27-2)9-15(13)29-19(17)20(21,22)23/h3-9H,10H2,1-2H3. The molecular formula is C20H15F3O6. The third kappa shape index (κ3) is 4.03. The summed E-state index contributed by atoms with van der Waals surface area (Å²) in [6.07, 6.45) is -4.94. The average Bonchev–Trinajstić information content (AvgIpc) is 2.71. The maximum Gasteiger partial charge on any atom is 0.450 e. The monoisotopic (exact) mass is 408 g/mol. The van der Waals surface area contributed by atoms with Crippen LogP contribution >= 0.6 is 0 Å². The number of hydrogen-bond donors (Lipinski definition) is 0. The summed E-state index contributed by atoms with van der Waals surface area (Å²) in [7, 11) is 2.46. The van der Waals surface area contributed by atoms with E-state index in [9.17, 15) is 22.8 Å². The zero-order chi connectivity index (χ0) is 21.2. The molecule has 1 heterocycles. The molecular weight excluding hydrogens is 393 g/mol. The summed E-state index contributed by atoms with van der Waals surface area (Å²) in [6, 6.07) is 9.59. The molecule has 3 aromatic rings. The molecule has 0 atom stereocenters. The van der Waals surface area contributed by atoms with Crippen LogP contribution in [-0.4, -0.2) is 26.8 Å². The first-order valence-corrected chi connectivity index (χ1v) is 8.27. The second-order valence-corrected chi connectivity index (χ2v) is 5.86. The number of rotatable bonds is 5. The second kappa shape index (κ2) is 7.86. The van der Waals surface area contributed by atoms with Crippen molar-refractivity contribution in [3.05, 3.63) is 58.4 Å². The van der Waals surface area contributed by atoms with E-state index in [4.69, 9.17) is 13.9 Å². The predicted molar refractivity (Wildman–Crippen MR) is 97.0 cm³/mol. The summed E-state index contributed by atoms with van der Waals surface area (Å²) in [5.74, 6) is -1.98. The Morgan fingerprint density at radius 3 is 2.48 bits per heavy atom. The Labute approximate surface area is 162 Å². The Hall–Kier alpha value is -3.49. The van der Waals surface area contributed by atoms with Crippen LogP contribution in [0.2, 0.25) is 0 Å². The molecule has 6 nitrogen and oxygen atoms in total. The van der Waals surface area contributed by atoms with Crippen molar-refractivity contribution >= 4 is 16.9 Å². The van der Waals surface area contributed by atoms with Gasteiger partial charge in [0.25, 0.3) is 0 Å². The van der Waals surface area contributed by atoms with E-state index in [1.54, 1.807) is 6.07 Å². The van der Waals surface area contributed by atoms with Gasteiger partial charge in [-0.15, -0.1) is 0 Å². The minimum Gasteiger partial charge on any atom is -0.496 e. The molecule has 152 valence electrons. The van der Waals surface area contributed by atoms with E-state index in [0.717, 1.165) is 6.07 Å². The summed E-state index contributed by atoms with van der Waals surface area (Å²) in [6.45, 7) is -0.447. The molecule has 0 saturated carbocycles. The topological polar surface area (TPSA) is 75.0 Å². The highest BCUT2D eigenvalue weighted by Gasteiger charge is 2.40. The van der Waals surface area contributed by atoms with Gasteiger partial charge in [-0.3, -0.25) is 4.79 Å². The van der Waals surface area contributed by atoms with Crippen LogP contribution in [0, 0.1) is 0 Å². The van der Waals surface area contributed by atoms with Gasteiger partial charge in [0.15, 0.2) is 6.61 Å². The number of para-hydroxylation sites is 1. The first kappa shape index (κ1) is 20.2. The van der Waals surface area contributed by atoms with E-state index in [2.05, 4.69) is 4.74 Å². The highest BCUT2D eigenvalue weighted by atomic mass is 19.4. The van der Waals surface area contributed by atoms with E-state index >= 15 is 0 Å². The van der Waals surface area contributed by atoms with E-state index in [1.807, 2.05) is 0 Å². The number of esters is 1. The zero-order valence-electron chi connectivity index (χ0n) is 15.3. The third-order valence-electron chi connectivity index (χ3n) is 4.08. The molecule has 0 fully saturated rings. The van der Waals surface area contributed by atoms with Crippen LogP contribution in [0.4, 0.5) is 13.2 Å². The molecule has 0 N–H and O–H groups in total. The van der Waals surface area contributed by atoms with Crippen LogP contribution < -0.4 is 14.9 Å². The molecule has 0 amide bonds. The second-order valence-electron chi connectivity index (χ2n) is 5.86. The van der Waals surface area contributed by atoms with Crippen molar-refractivity contribution < 1.29 is 36.6 Å². The van der Waals surface area contributed by atoms with Crippen molar-refractivity contribution in [2.24, 2.45) is 0 Å². The minimum absolute atomic E-state index is 0.0380. The fraction of sp³-hybridized carbons (Fsp3) is 0.200. The van der Waals surface area contributed by atoms with Gasteiger partial charge in [0.1, 0.15) is 17.1 Å². The molecule has 1 aromatic heterocycles. The molecule has 0 saturated heterocycles. The lowest BCUT2D eigenvalue weighted by atomic mass is 10.0. The predicted octanol–water partition coefficient (Wildman–Crippen LogP) is 4.04. The lowest BCUT2D eigenvalue weighted by molar-refractivity contribution is -0.152. The first-order valence-electron chi connectivity index (χ1n) is 8.27. The minimum atomic E-state index is -4.94. The normalized spacial score (nSPS) is 11.3. The lowest BCUT2D eigenvalue weighted by Crippen LogP contribution is -2.16. The molecule has 9 heteroatoms. The average molecular weight is 408 g/mol. The van der Waals surface area contributed by atoms with Crippen LogP contribution in [0.25, 0.3) is 22.1 Å². The van der Waals surface area contributed by atoms with Gasteiger partial charge >= 0.3 is 12.1 Å². The van der Waals surface area contributed by atoms with Gasteiger partial charge in [0.05, 0.1) is 25.2 Å². The fourth-order valence-electron chi connectivity index (χ4n) is 2.76. The molecule has 2 aromatic carbocycles. The van der Waals surface area contributed by atoms with Crippen LogP contribution in [-0.2, 0) is 15.7 Å². The van der Waals surface area contributed by atoms with Gasteiger partial charge in [-0.25, -0.2) is 4.79 Å². The molecule has 0 unspecified atom stereocenters. The molecule has 0 aliphatic rings. The van der Waals surface area contributed by atoms with Crippen molar-refractivity contribution in [1.82, 2.24) is 0 Å². The number of alkyl halides is 3. The largest absolute Gasteiger partial charge is 0.496 e. The molecule has 0 spiro atoms. The van der Waals surface area contributed by atoms with Crippen molar-refractivity contribution in [1.29, 1.82) is 0 Å². The van der Waals surface area contributed by atoms with Crippen LogP contribution in [0.1, 0.15) is 5.76 Å². The molecule has 0 bridgehead atoms. The highest BCUT2D eigenvalue weighted by molar-refractivity contribution is 5.85. The van der Waals surface area contributed by atoms with E-state index < -0.39 is 35.5 Å². The summed E-state index contributed by atoms with van der Waals surface area (Å²) in [5.41, 5.74) is -1.89. The number of ether oxygens (including phenoxy) is 3. The summed E-state index contributed by atoms with van der Waals surface area (Å²) in [5, 5.41) is -0.0793. The Balaban J connectivity index is 2.23. The summed E-state index contributed by atoms with van der Waals surface area (Å²) in [4.78, 5) is 24.1. The Bertz CT molecular complexity index is 1120. The quantitative estimate of drug-likeness (QED) is 0.594. The van der Waals surface area contributed by atoms with Gasteiger partial charge in [0.2, 0.25) is 11.2 Å². The highest BCUT2D eigenvalue weighted by Crippen LogP contribution is 2.40. The fourth-order valence-corrected chi connectivity index (χ4v) is 2.76. The number of carbonyl (C=O) groups excluding carboxylic acids is 1. The van der Waals surface area contributed by atoms with E-state index in [1.165, 1.54) is 44.6 Å². The number of carbonyl (C=O) groups is 1. The maximum absolute atomic E-state index is 13.7. The van der Waals surface area contributed by atoms with Crippen LogP contribution in [0.5, 0.6) is 11.5 Å². The Kier molecular flexibility index (Phi) is 5.49. The Morgan fingerprint density at radius 1 is 1.10 bits per heavy atom. The SMILES string of the molecule is COC(=O)COc1ccc2c(=O)c(-c3ccccc3OC)c(C(F)(F)F)oc2c1. The third-order valence-corrected chi connectivity index (χ3v) is 4.08. The Morgan fingerprint density at radius 2 is 1.83 bits per heavy atom. The number of hydrogen-bond acceptors (Lipinski definition) is 6. The first-order chi connectivity index (χ1) is 13.8. The molecule has 3 rings (SSSR count). The van der Waals surface area contributed by atoms with Crippen molar-refractivity contribution in [2.45, 2.75) is 6.18 Å². The molecule has 29 heavy (non-hydrogen) atoms. The molecule has 0 aliphatic carbocycles. The smallest absolute Gasteiger partial charge is 0.450 e. The van der Waals surface area contributed by atoms with Crippen LogP contribution in [0.3, 0.4) is 0 Å². The van der Waals surface area contributed by atoms with Crippen LogP contribution in [0.15, 0.2) is 51.7 Å². The van der Waals surface area contributed by atoms with Crippen molar-refractivity contribution in [2.75, 3.05) is 20.8 Å². The van der Waals surface area contributed by atoms with Crippen molar-refractivity contribution in [3.63, 3.8) is 0 Å². The van der Waals surface area contributed by atoms with Gasteiger partial charge in [0, 0.05) is 11.6 Å². The van der Waals surface area contributed by atoms with E-state index in [0.29, 0.717) is 0 Å². The lowest BCUT2D eigenvalue weighted by Gasteiger charge is -2.15. The van der Waals surface area contributed by atoms with Crippen molar-refractivity contribution in [3.8, 4) is 22.6 Å². The maximum atomic E-state index is 13.7. The van der Waals surface area contributed by atoms with Gasteiger partial charge < -0.3 is 18.6 Å². The molecule has 0 radical (unpaired) electrons. The number of fused-ring (bicyclic) bond motifs is 1. The zero-order valence-corrected chi connectivity index (χ0v) is 15.3. The number of halogens is 3. The van der Waals surface area contributed by atoms with E-state index in [-0.39, 0.29) is 28.0 Å². The number of benzene rings is 2.